The Kier molecular flexibility index (Phi) is 5.53. The minimum absolute atomic E-state index is 0.0222. The molecular weight excluding hydrogens is 354 g/mol. The molecule has 2 fully saturated rings. The average molecular weight is 381 g/mol. The van der Waals surface area contributed by atoms with E-state index in [9.17, 15) is 18.3 Å². The zero-order valence-electron chi connectivity index (χ0n) is 15.3. The van der Waals surface area contributed by atoms with Crippen molar-refractivity contribution >= 4 is 16.1 Å². The van der Waals surface area contributed by atoms with Gasteiger partial charge in [0.1, 0.15) is 5.25 Å². The van der Waals surface area contributed by atoms with Crippen molar-refractivity contribution in [3.05, 3.63) is 30.1 Å². The number of amides is 1. The van der Waals surface area contributed by atoms with Crippen molar-refractivity contribution in [2.24, 2.45) is 5.92 Å². The molecule has 26 heavy (non-hydrogen) atoms. The number of nitrogens with zero attached hydrogens (tertiary/aromatic N) is 3. The molecule has 3 rings (SSSR count). The summed E-state index contributed by atoms with van der Waals surface area (Å²) in [4.78, 5) is 16.7. The highest BCUT2D eigenvalue weighted by molar-refractivity contribution is 7.89. The summed E-state index contributed by atoms with van der Waals surface area (Å²) in [5, 5.41) is 8.70. The standard InChI is InChI=1S/C18H27N3O4S/c1-3-13(2)17-16(12-21(17)18(22)23)26(24,25)20-10-6-15(7-11-20)14-4-8-19-9-5-14/h4-5,8-9,13,15-17H,3,6-7,10-12H2,1-2H3,(H,22,23)/t13-,16?,17?/m1/s1. The molecule has 1 aromatic rings. The largest absolute Gasteiger partial charge is 0.465 e. The zero-order chi connectivity index (χ0) is 18.9. The van der Waals surface area contributed by atoms with E-state index in [2.05, 4.69) is 4.98 Å². The van der Waals surface area contributed by atoms with Gasteiger partial charge in [0.05, 0.1) is 6.04 Å². The summed E-state index contributed by atoms with van der Waals surface area (Å²) in [7, 11) is -3.49. The van der Waals surface area contributed by atoms with Gasteiger partial charge >= 0.3 is 6.09 Å². The highest BCUT2D eigenvalue weighted by atomic mass is 32.2. The van der Waals surface area contributed by atoms with Crippen molar-refractivity contribution in [3.8, 4) is 0 Å². The number of likely N-dealkylation sites (tertiary alicyclic amines) is 1. The van der Waals surface area contributed by atoms with E-state index < -0.39 is 27.4 Å². The Morgan fingerprint density at radius 1 is 1.31 bits per heavy atom. The third-order valence-corrected chi connectivity index (χ3v) is 8.24. The Bertz CT molecular complexity index is 732. The summed E-state index contributed by atoms with van der Waals surface area (Å²) in [6, 6.07) is 3.54. The van der Waals surface area contributed by atoms with Crippen LogP contribution in [0.2, 0.25) is 0 Å². The summed E-state index contributed by atoms with van der Waals surface area (Å²) in [6.07, 6.45) is 4.83. The molecule has 0 aliphatic carbocycles. The maximum absolute atomic E-state index is 13.1. The van der Waals surface area contributed by atoms with Crippen molar-refractivity contribution < 1.29 is 18.3 Å². The Balaban J connectivity index is 1.68. The fourth-order valence-corrected chi connectivity index (χ4v) is 6.37. The summed E-state index contributed by atoms with van der Waals surface area (Å²) >= 11 is 0. The van der Waals surface area contributed by atoms with Crippen LogP contribution in [0.15, 0.2) is 24.5 Å². The van der Waals surface area contributed by atoms with E-state index in [1.165, 1.54) is 10.5 Å². The average Bonchev–Trinajstić information content (AvgIpc) is 2.61. The molecule has 0 aromatic carbocycles. The number of aromatic nitrogens is 1. The molecule has 1 aromatic heterocycles. The van der Waals surface area contributed by atoms with Crippen LogP contribution < -0.4 is 0 Å². The second-order valence-electron chi connectivity index (χ2n) is 7.35. The van der Waals surface area contributed by atoms with E-state index in [0.29, 0.717) is 19.0 Å². The summed E-state index contributed by atoms with van der Waals surface area (Å²) < 4.78 is 27.8. The van der Waals surface area contributed by atoms with Crippen LogP contribution in [0.1, 0.15) is 44.6 Å². The predicted octanol–water partition coefficient (Wildman–Crippen LogP) is 2.37. The summed E-state index contributed by atoms with van der Waals surface area (Å²) in [6.45, 7) is 4.96. The fraction of sp³-hybridized carbons (Fsp3) is 0.667. The molecule has 2 saturated heterocycles. The van der Waals surface area contributed by atoms with Gasteiger partial charge in [-0.2, -0.15) is 0 Å². The molecule has 0 radical (unpaired) electrons. The van der Waals surface area contributed by atoms with Crippen molar-refractivity contribution in [1.29, 1.82) is 0 Å². The minimum Gasteiger partial charge on any atom is -0.465 e. The molecule has 2 unspecified atom stereocenters. The van der Waals surface area contributed by atoms with Crippen molar-refractivity contribution in [2.75, 3.05) is 19.6 Å². The lowest BCUT2D eigenvalue weighted by Gasteiger charge is -2.50. The monoisotopic (exact) mass is 381 g/mol. The van der Waals surface area contributed by atoms with Gasteiger partial charge in [0, 0.05) is 32.0 Å². The van der Waals surface area contributed by atoms with Crippen LogP contribution >= 0.6 is 0 Å². The summed E-state index contributed by atoms with van der Waals surface area (Å²) in [5.74, 6) is 0.376. The Hall–Kier alpha value is -1.67. The molecule has 2 aliphatic heterocycles. The van der Waals surface area contributed by atoms with Gasteiger partial charge in [0.25, 0.3) is 0 Å². The summed E-state index contributed by atoms with van der Waals surface area (Å²) in [5.41, 5.74) is 1.20. The molecule has 0 saturated carbocycles. The van der Waals surface area contributed by atoms with Gasteiger partial charge in [0.2, 0.25) is 10.0 Å². The lowest BCUT2D eigenvalue weighted by atomic mass is 9.88. The zero-order valence-corrected chi connectivity index (χ0v) is 16.1. The van der Waals surface area contributed by atoms with E-state index in [4.69, 9.17) is 0 Å². The highest BCUT2D eigenvalue weighted by Gasteiger charge is 2.53. The molecule has 144 valence electrons. The van der Waals surface area contributed by atoms with Crippen LogP contribution in [-0.4, -0.2) is 64.7 Å². The van der Waals surface area contributed by atoms with Gasteiger partial charge in [-0.05, 0) is 42.4 Å². The third-order valence-electron chi connectivity index (χ3n) is 5.96. The second kappa shape index (κ2) is 7.52. The van der Waals surface area contributed by atoms with Crippen LogP contribution in [0, 0.1) is 5.92 Å². The van der Waals surface area contributed by atoms with Crippen molar-refractivity contribution in [3.63, 3.8) is 0 Å². The van der Waals surface area contributed by atoms with E-state index >= 15 is 0 Å². The molecule has 0 spiro atoms. The first kappa shape index (κ1) is 19.1. The molecule has 2 aliphatic rings. The third kappa shape index (κ3) is 3.44. The lowest BCUT2D eigenvalue weighted by Crippen LogP contribution is -2.69. The lowest BCUT2D eigenvalue weighted by molar-refractivity contribution is 0.0501. The number of hydrogen-bond acceptors (Lipinski definition) is 4. The number of hydrogen-bond donors (Lipinski definition) is 1. The van der Waals surface area contributed by atoms with Crippen LogP contribution in [0.4, 0.5) is 4.79 Å². The maximum atomic E-state index is 13.1. The van der Waals surface area contributed by atoms with Crippen LogP contribution in [0.25, 0.3) is 0 Å². The number of sulfonamides is 1. The Morgan fingerprint density at radius 3 is 2.46 bits per heavy atom. The number of carboxylic acid groups (broad SMARTS) is 1. The molecule has 1 N–H and O–H groups in total. The molecule has 7 nitrogen and oxygen atoms in total. The second-order valence-corrected chi connectivity index (χ2v) is 9.50. The van der Waals surface area contributed by atoms with Crippen LogP contribution in [0.5, 0.6) is 0 Å². The van der Waals surface area contributed by atoms with Gasteiger partial charge in [-0.15, -0.1) is 0 Å². The van der Waals surface area contributed by atoms with Gasteiger partial charge < -0.3 is 10.0 Å². The molecule has 3 heterocycles. The van der Waals surface area contributed by atoms with E-state index in [0.717, 1.165) is 19.3 Å². The van der Waals surface area contributed by atoms with Gasteiger partial charge in [-0.3, -0.25) is 4.98 Å². The van der Waals surface area contributed by atoms with Gasteiger partial charge in [0.15, 0.2) is 0 Å². The van der Waals surface area contributed by atoms with Crippen molar-refractivity contribution in [1.82, 2.24) is 14.2 Å². The van der Waals surface area contributed by atoms with E-state index in [1.807, 2.05) is 26.0 Å². The normalized spacial score (nSPS) is 26.3. The quantitative estimate of drug-likeness (QED) is 0.845. The Labute approximate surface area is 155 Å². The number of piperidine rings is 1. The van der Waals surface area contributed by atoms with Gasteiger partial charge in [-0.25, -0.2) is 17.5 Å². The van der Waals surface area contributed by atoms with Crippen LogP contribution in [0.3, 0.4) is 0 Å². The van der Waals surface area contributed by atoms with Crippen molar-refractivity contribution in [2.45, 2.75) is 50.3 Å². The first-order valence-electron chi connectivity index (χ1n) is 9.24. The SMILES string of the molecule is CC[C@@H](C)C1C(S(=O)(=O)N2CCC(c3ccncc3)CC2)CN1C(=O)O. The molecule has 3 atom stereocenters. The first-order valence-corrected chi connectivity index (χ1v) is 10.7. The Morgan fingerprint density at radius 2 is 1.92 bits per heavy atom. The predicted molar refractivity (Wildman–Crippen MR) is 98.5 cm³/mol. The fourth-order valence-electron chi connectivity index (χ4n) is 4.15. The highest BCUT2D eigenvalue weighted by Crippen LogP contribution is 2.36. The topological polar surface area (TPSA) is 90.8 Å². The molecule has 0 bridgehead atoms. The van der Waals surface area contributed by atoms with E-state index in [-0.39, 0.29) is 12.5 Å². The van der Waals surface area contributed by atoms with Gasteiger partial charge in [-0.1, -0.05) is 20.3 Å². The maximum Gasteiger partial charge on any atom is 0.407 e. The molecular formula is C18H27N3O4S. The molecule has 1 amide bonds. The first-order chi connectivity index (χ1) is 12.4. The number of rotatable bonds is 5. The van der Waals surface area contributed by atoms with E-state index in [1.54, 1.807) is 16.7 Å². The number of pyridine rings is 1. The molecule has 8 heteroatoms. The minimum atomic E-state index is -3.49. The smallest absolute Gasteiger partial charge is 0.407 e. The number of carbonyl (C=O) groups is 1. The van der Waals surface area contributed by atoms with Crippen LogP contribution in [-0.2, 0) is 10.0 Å².